The maximum Gasteiger partial charge on any atom is 0.333 e. The minimum atomic E-state index is -0.352. The van der Waals surface area contributed by atoms with Crippen LogP contribution in [-0.2, 0) is 0 Å². The van der Waals surface area contributed by atoms with Crippen molar-refractivity contribution < 1.29 is 4.79 Å². The SMILES string of the molecule is CNC(=O)NNC1=NC(C)C(c2ccccc2)=NN1. The van der Waals surface area contributed by atoms with Crippen LogP contribution in [0.25, 0.3) is 0 Å². The Balaban J connectivity index is 2.00. The van der Waals surface area contributed by atoms with Crippen molar-refractivity contribution in [3.8, 4) is 0 Å². The molecular weight excluding hydrogens is 244 g/mol. The topological polar surface area (TPSA) is 89.9 Å². The van der Waals surface area contributed by atoms with E-state index in [9.17, 15) is 4.79 Å². The summed E-state index contributed by atoms with van der Waals surface area (Å²) in [6.45, 7) is 1.94. The van der Waals surface area contributed by atoms with Crippen molar-refractivity contribution in [2.24, 2.45) is 10.1 Å². The standard InChI is InChI=1S/C12H16N6O/c1-8-10(9-6-4-3-5-7-9)15-16-11(14-8)17-18-12(19)13-2/h3-8H,1-2H3,(H2,13,18,19)(H2,14,16,17). The third-order valence-electron chi connectivity index (χ3n) is 2.59. The minimum Gasteiger partial charge on any atom is -0.340 e. The van der Waals surface area contributed by atoms with Crippen LogP contribution in [0.4, 0.5) is 4.79 Å². The van der Waals surface area contributed by atoms with Crippen LogP contribution >= 0.6 is 0 Å². The number of hydrogen-bond acceptors (Lipinski definition) is 5. The first-order chi connectivity index (χ1) is 9.20. The van der Waals surface area contributed by atoms with Gasteiger partial charge in [-0.15, -0.1) is 0 Å². The zero-order chi connectivity index (χ0) is 13.7. The fraction of sp³-hybridized carbons (Fsp3) is 0.250. The first kappa shape index (κ1) is 12.9. The van der Waals surface area contributed by atoms with E-state index in [-0.39, 0.29) is 12.1 Å². The lowest BCUT2D eigenvalue weighted by molar-refractivity contribution is 0.241. The number of carbonyl (C=O) groups is 1. The molecule has 2 amide bonds. The number of carbonyl (C=O) groups excluding carboxylic acids is 1. The second-order valence-electron chi connectivity index (χ2n) is 3.96. The predicted molar refractivity (Wildman–Crippen MR) is 73.7 cm³/mol. The Hall–Kier alpha value is -2.57. The lowest BCUT2D eigenvalue weighted by Gasteiger charge is -2.20. The molecule has 1 aromatic rings. The van der Waals surface area contributed by atoms with Gasteiger partial charge < -0.3 is 5.32 Å². The highest BCUT2D eigenvalue weighted by atomic mass is 16.2. The molecule has 0 fully saturated rings. The van der Waals surface area contributed by atoms with Crippen LogP contribution in [-0.4, -0.2) is 30.8 Å². The molecule has 1 aromatic carbocycles. The van der Waals surface area contributed by atoms with E-state index in [1.54, 1.807) is 0 Å². The van der Waals surface area contributed by atoms with E-state index in [0.29, 0.717) is 5.96 Å². The lowest BCUT2D eigenvalue weighted by Crippen LogP contribution is -2.51. The molecule has 1 heterocycles. The fourth-order valence-electron chi connectivity index (χ4n) is 1.64. The molecular formula is C12H16N6O. The first-order valence-corrected chi connectivity index (χ1v) is 5.91. The minimum absolute atomic E-state index is 0.0994. The van der Waals surface area contributed by atoms with E-state index in [0.717, 1.165) is 11.3 Å². The number of guanidine groups is 1. The molecule has 4 N–H and O–H groups in total. The highest BCUT2D eigenvalue weighted by Crippen LogP contribution is 2.09. The van der Waals surface area contributed by atoms with E-state index in [2.05, 4.69) is 31.7 Å². The van der Waals surface area contributed by atoms with Crippen LogP contribution in [0.15, 0.2) is 40.4 Å². The summed E-state index contributed by atoms with van der Waals surface area (Å²) < 4.78 is 0. The monoisotopic (exact) mass is 260 g/mol. The van der Waals surface area contributed by atoms with Crippen molar-refractivity contribution in [2.75, 3.05) is 7.05 Å². The number of amides is 2. The second-order valence-corrected chi connectivity index (χ2v) is 3.96. The van der Waals surface area contributed by atoms with Gasteiger partial charge in [0.1, 0.15) is 0 Å². The number of urea groups is 1. The van der Waals surface area contributed by atoms with Gasteiger partial charge in [-0.2, -0.15) is 5.10 Å². The summed E-state index contributed by atoms with van der Waals surface area (Å²) >= 11 is 0. The van der Waals surface area contributed by atoms with Gasteiger partial charge in [0.05, 0.1) is 11.8 Å². The summed E-state index contributed by atoms with van der Waals surface area (Å²) in [4.78, 5) is 15.4. The quantitative estimate of drug-likeness (QED) is 0.543. The van der Waals surface area contributed by atoms with Gasteiger partial charge in [-0.3, -0.25) is 5.43 Å². The Morgan fingerprint density at radius 3 is 2.68 bits per heavy atom. The maximum absolute atomic E-state index is 11.0. The zero-order valence-electron chi connectivity index (χ0n) is 10.8. The highest BCUT2D eigenvalue weighted by Gasteiger charge is 2.17. The summed E-state index contributed by atoms with van der Waals surface area (Å²) in [5, 5.41) is 6.69. The van der Waals surface area contributed by atoms with Crippen LogP contribution in [0.1, 0.15) is 12.5 Å². The van der Waals surface area contributed by atoms with Crippen LogP contribution in [0.2, 0.25) is 0 Å². The molecule has 100 valence electrons. The molecule has 0 radical (unpaired) electrons. The van der Waals surface area contributed by atoms with Crippen molar-refractivity contribution in [3.05, 3.63) is 35.9 Å². The number of aliphatic imine (C=N–C) groups is 1. The van der Waals surface area contributed by atoms with Crippen LogP contribution in [0.3, 0.4) is 0 Å². The van der Waals surface area contributed by atoms with Crippen LogP contribution in [0, 0.1) is 0 Å². The molecule has 0 aromatic heterocycles. The van der Waals surface area contributed by atoms with E-state index in [1.807, 2.05) is 37.3 Å². The maximum atomic E-state index is 11.0. The summed E-state index contributed by atoms with van der Waals surface area (Å²) in [6, 6.07) is 9.37. The van der Waals surface area contributed by atoms with E-state index >= 15 is 0 Å². The van der Waals surface area contributed by atoms with Gasteiger partial charge in [-0.25, -0.2) is 20.6 Å². The zero-order valence-corrected chi connectivity index (χ0v) is 10.8. The van der Waals surface area contributed by atoms with E-state index in [1.165, 1.54) is 7.05 Å². The number of nitrogens with one attached hydrogen (secondary N) is 4. The van der Waals surface area contributed by atoms with Gasteiger partial charge >= 0.3 is 6.03 Å². The Kier molecular flexibility index (Phi) is 3.97. The number of nitrogens with zero attached hydrogens (tertiary/aromatic N) is 2. The number of hydrazine groups is 1. The van der Waals surface area contributed by atoms with Crippen LogP contribution < -0.4 is 21.6 Å². The second kappa shape index (κ2) is 5.85. The molecule has 19 heavy (non-hydrogen) atoms. The number of hydrazone groups is 1. The third-order valence-corrected chi connectivity index (χ3v) is 2.59. The van der Waals surface area contributed by atoms with Crippen molar-refractivity contribution in [1.29, 1.82) is 0 Å². The summed E-state index contributed by atoms with van der Waals surface area (Å²) in [7, 11) is 1.53. The molecule has 1 atom stereocenters. The molecule has 0 saturated carbocycles. The largest absolute Gasteiger partial charge is 0.340 e. The Bertz CT molecular complexity index is 510. The molecule has 0 aliphatic carbocycles. The summed E-state index contributed by atoms with van der Waals surface area (Å²) in [5.74, 6) is 0.399. The number of benzene rings is 1. The van der Waals surface area contributed by atoms with Gasteiger partial charge in [-0.1, -0.05) is 30.3 Å². The first-order valence-electron chi connectivity index (χ1n) is 5.91. The highest BCUT2D eigenvalue weighted by molar-refractivity contribution is 6.07. The molecule has 2 rings (SSSR count). The van der Waals surface area contributed by atoms with Crippen LogP contribution in [0.5, 0.6) is 0 Å². The van der Waals surface area contributed by atoms with Crippen molar-refractivity contribution in [2.45, 2.75) is 13.0 Å². The molecule has 0 bridgehead atoms. The summed E-state index contributed by atoms with van der Waals surface area (Å²) in [6.07, 6.45) is 0. The van der Waals surface area contributed by atoms with E-state index in [4.69, 9.17) is 0 Å². The molecule has 0 saturated heterocycles. The lowest BCUT2D eigenvalue weighted by atomic mass is 10.0. The molecule has 1 aliphatic heterocycles. The average molecular weight is 260 g/mol. The van der Waals surface area contributed by atoms with Gasteiger partial charge in [0.25, 0.3) is 0 Å². The van der Waals surface area contributed by atoms with Gasteiger partial charge in [0, 0.05) is 7.05 Å². The van der Waals surface area contributed by atoms with E-state index < -0.39 is 0 Å². The predicted octanol–water partition coefficient (Wildman–Crippen LogP) is 0.172. The normalized spacial score (nSPS) is 17.7. The molecule has 1 aliphatic rings. The van der Waals surface area contributed by atoms with Crippen molar-refractivity contribution in [3.63, 3.8) is 0 Å². The molecule has 7 heteroatoms. The van der Waals surface area contributed by atoms with Gasteiger partial charge in [0.15, 0.2) is 0 Å². The fourth-order valence-corrected chi connectivity index (χ4v) is 1.64. The molecule has 7 nitrogen and oxygen atoms in total. The smallest absolute Gasteiger partial charge is 0.333 e. The Morgan fingerprint density at radius 1 is 1.32 bits per heavy atom. The Labute approximate surface area is 111 Å². The average Bonchev–Trinajstić information content (AvgIpc) is 2.45. The third kappa shape index (κ3) is 3.21. The van der Waals surface area contributed by atoms with Crippen molar-refractivity contribution >= 4 is 17.7 Å². The molecule has 1 unspecified atom stereocenters. The summed E-state index contributed by atoms with van der Waals surface area (Å²) in [5.41, 5.74) is 9.69. The number of hydrogen-bond donors (Lipinski definition) is 4. The Morgan fingerprint density at radius 2 is 2.05 bits per heavy atom. The van der Waals surface area contributed by atoms with Crippen molar-refractivity contribution in [1.82, 2.24) is 21.6 Å². The number of rotatable bonds is 1. The van der Waals surface area contributed by atoms with Gasteiger partial charge in [0.2, 0.25) is 5.96 Å². The van der Waals surface area contributed by atoms with Gasteiger partial charge in [-0.05, 0) is 12.5 Å². The molecule has 0 spiro atoms.